The summed E-state index contributed by atoms with van der Waals surface area (Å²) in [6, 6.07) is 4.96. The third-order valence-electron chi connectivity index (χ3n) is 4.15. The van der Waals surface area contributed by atoms with Crippen molar-refractivity contribution < 1.29 is 24.3 Å². The lowest BCUT2D eigenvalue weighted by molar-refractivity contribution is -0.0757. The number of rotatable bonds is 4. The molecule has 0 aliphatic rings. The van der Waals surface area contributed by atoms with E-state index in [9.17, 15) is 14.4 Å². The molecule has 0 fully saturated rings. The highest BCUT2D eigenvalue weighted by Crippen LogP contribution is 2.18. The first kappa shape index (κ1) is 30.5. The molecule has 0 unspecified atom stereocenters. The second kappa shape index (κ2) is 14.8. The molecule has 3 heterocycles. The lowest BCUT2D eigenvalue weighted by atomic mass is 10.2. The smallest absolute Gasteiger partial charge is 0.336 e. The van der Waals surface area contributed by atoms with Crippen LogP contribution in [0, 0.1) is 20.8 Å². The van der Waals surface area contributed by atoms with E-state index in [0.29, 0.717) is 25.8 Å². The number of hydroxylamine groups is 2. The fourth-order valence-electron chi connectivity index (χ4n) is 2.32. The van der Waals surface area contributed by atoms with Gasteiger partial charge in [-0.3, -0.25) is 29.4 Å². The number of pyridine rings is 3. The Morgan fingerprint density at radius 1 is 0.857 bits per heavy atom. The van der Waals surface area contributed by atoms with Gasteiger partial charge in [-0.2, -0.15) is 0 Å². The molecule has 0 atom stereocenters. The molecule has 186 valence electrons. The molecule has 3 aromatic heterocycles. The molecule has 0 aromatic carbocycles. The Balaban J connectivity index is 0.000000267. The number of aryl methyl sites for hydroxylation is 3. The van der Waals surface area contributed by atoms with Gasteiger partial charge in [0.2, 0.25) is 0 Å². The number of hydrogen-bond donors (Lipinski definition) is 1. The number of nitrogens with zero attached hydrogens (tertiary/aromatic N) is 4. The van der Waals surface area contributed by atoms with E-state index < -0.39 is 5.97 Å². The molecule has 0 radical (unpaired) electrons. The largest absolute Gasteiger partial charge is 0.478 e. The second-order valence-electron chi connectivity index (χ2n) is 6.87. The zero-order valence-corrected chi connectivity index (χ0v) is 24.3. The van der Waals surface area contributed by atoms with Crippen LogP contribution in [0.15, 0.2) is 50.2 Å². The van der Waals surface area contributed by atoms with Gasteiger partial charge in [-0.05, 0) is 86.8 Å². The van der Waals surface area contributed by atoms with E-state index in [1.54, 1.807) is 38.5 Å². The van der Waals surface area contributed by atoms with E-state index in [1.807, 2.05) is 13.8 Å². The van der Waals surface area contributed by atoms with Crippen molar-refractivity contribution in [3.05, 3.63) is 84.0 Å². The van der Waals surface area contributed by atoms with Crippen molar-refractivity contribution in [2.75, 3.05) is 14.2 Å². The number of aromatic nitrogens is 3. The maximum Gasteiger partial charge on any atom is 0.336 e. The summed E-state index contributed by atoms with van der Waals surface area (Å²) in [5, 5.41) is 9.80. The van der Waals surface area contributed by atoms with Crippen molar-refractivity contribution in [1.29, 1.82) is 0 Å². The minimum atomic E-state index is -0.942. The van der Waals surface area contributed by atoms with Crippen LogP contribution in [-0.2, 0) is 4.84 Å². The van der Waals surface area contributed by atoms with Gasteiger partial charge in [0.1, 0.15) is 0 Å². The molecule has 0 aliphatic heterocycles. The average molecular weight is 675 g/mol. The Bertz CT molecular complexity index is 1210. The number of halogens is 3. The van der Waals surface area contributed by atoms with Crippen LogP contribution in [0.2, 0.25) is 0 Å². The van der Waals surface area contributed by atoms with E-state index in [-0.39, 0.29) is 11.5 Å². The number of aldehydes is 1. The summed E-state index contributed by atoms with van der Waals surface area (Å²) in [4.78, 5) is 49.3. The SMILES string of the molecule is CON(C)C(=O)c1cc(C)ncc1Br.Cc1cc(C(=O)O)c(Br)cn1.Cc1cc(C=O)c(Br)cn1. The van der Waals surface area contributed by atoms with Crippen molar-refractivity contribution in [3.63, 3.8) is 0 Å². The molecule has 0 aliphatic carbocycles. The van der Waals surface area contributed by atoms with E-state index in [2.05, 4.69) is 62.7 Å². The van der Waals surface area contributed by atoms with Gasteiger partial charge in [0.05, 0.1) is 22.7 Å². The van der Waals surface area contributed by atoms with Crippen molar-refractivity contribution in [2.24, 2.45) is 0 Å². The van der Waals surface area contributed by atoms with Crippen LogP contribution in [0.25, 0.3) is 0 Å². The van der Waals surface area contributed by atoms with Crippen LogP contribution in [0.3, 0.4) is 0 Å². The number of carbonyl (C=O) groups is 3. The van der Waals surface area contributed by atoms with Crippen molar-refractivity contribution in [2.45, 2.75) is 20.8 Å². The summed E-state index contributed by atoms with van der Waals surface area (Å²) in [7, 11) is 3.00. The highest BCUT2D eigenvalue weighted by molar-refractivity contribution is 9.11. The van der Waals surface area contributed by atoms with Crippen LogP contribution in [-0.4, -0.2) is 57.4 Å². The number of amides is 1. The molecule has 0 bridgehead atoms. The highest BCUT2D eigenvalue weighted by Gasteiger charge is 2.15. The molecule has 1 amide bonds. The molecule has 1 N–H and O–H groups in total. The Hall–Kier alpha value is -2.54. The standard InChI is InChI=1S/C9H11BrN2O2.C7H6BrNO2.C7H6BrNO/c1-6-4-7(8(10)5-11-6)9(13)12(2)14-3;1-4-2-5(7(10)11)6(8)3-9-4;1-5-2-6(4-10)7(8)3-9-5/h4-5H,1-3H3;2-3H,1H3,(H,10,11);2-4H,1H3. The molecule has 0 saturated carbocycles. The van der Waals surface area contributed by atoms with Crippen LogP contribution in [0.4, 0.5) is 0 Å². The molecule has 12 heteroatoms. The van der Waals surface area contributed by atoms with Crippen LogP contribution < -0.4 is 0 Å². The minimum Gasteiger partial charge on any atom is -0.478 e. The minimum absolute atomic E-state index is 0.204. The van der Waals surface area contributed by atoms with Crippen molar-refractivity contribution in [1.82, 2.24) is 20.0 Å². The molecule has 3 aromatic rings. The zero-order valence-electron chi connectivity index (χ0n) is 19.5. The molecule has 35 heavy (non-hydrogen) atoms. The van der Waals surface area contributed by atoms with E-state index in [0.717, 1.165) is 22.1 Å². The van der Waals surface area contributed by atoms with Crippen molar-refractivity contribution >= 4 is 66.0 Å². The summed E-state index contributed by atoms with van der Waals surface area (Å²) in [6.45, 7) is 5.42. The first-order valence-electron chi connectivity index (χ1n) is 9.78. The number of carboxylic acids is 1. The summed E-state index contributed by atoms with van der Waals surface area (Å²) in [5.41, 5.74) is 3.78. The van der Waals surface area contributed by atoms with Gasteiger partial charge in [-0.1, -0.05) is 0 Å². The van der Waals surface area contributed by atoms with Crippen LogP contribution in [0.1, 0.15) is 48.2 Å². The maximum absolute atomic E-state index is 11.7. The van der Waals surface area contributed by atoms with Gasteiger partial charge in [0, 0.05) is 57.2 Å². The molecule has 0 saturated heterocycles. The van der Waals surface area contributed by atoms with Gasteiger partial charge in [0.25, 0.3) is 5.91 Å². The Kier molecular flexibility index (Phi) is 12.9. The second-order valence-corrected chi connectivity index (χ2v) is 9.43. The van der Waals surface area contributed by atoms with Crippen LogP contribution >= 0.6 is 47.8 Å². The first-order valence-corrected chi connectivity index (χ1v) is 12.2. The fraction of sp³-hybridized carbons (Fsp3) is 0.217. The summed E-state index contributed by atoms with van der Waals surface area (Å²) in [5.74, 6) is -1.15. The average Bonchev–Trinajstić information content (AvgIpc) is 2.83. The van der Waals surface area contributed by atoms with E-state index >= 15 is 0 Å². The van der Waals surface area contributed by atoms with Gasteiger partial charge in [-0.25, -0.2) is 9.86 Å². The topological polar surface area (TPSA) is 123 Å². The van der Waals surface area contributed by atoms with Gasteiger partial charge >= 0.3 is 5.97 Å². The van der Waals surface area contributed by atoms with Gasteiger partial charge in [0.15, 0.2) is 6.29 Å². The van der Waals surface area contributed by atoms with E-state index in [1.165, 1.54) is 24.4 Å². The zero-order chi connectivity index (χ0) is 26.7. The molecule has 0 spiro atoms. The normalized spacial score (nSPS) is 9.71. The Labute approximate surface area is 228 Å². The predicted octanol–water partition coefficient (Wildman–Crippen LogP) is 5.60. The number of carbonyl (C=O) groups excluding carboxylic acids is 2. The van der Waals surface area contributed by atoms with Gasteiger partial charge < -0.3 is 5.11 Å². The molecule has 9 nitrogen and oxygen atoms in total. The van der Waals surface area contributed by atoms with Gasteiger partial charge in [-0.15, -0.1) is 0 Å². The third kappa shape index (κ3) is 9.92. The first-order chi connectivity index (χ1) is 16.4. The monoisotopic (exact) mass is 672 g/mol. The molecular formula is C23H23Br3N4O5. The third-order valence-corrected chi connectivity index (χ3v) is 6.08. The summed E-state index contributed by atoms with van der Waals surface area (Å²) >= 11 is 9.55. The summed E-state index contributed by atoms with van der Waals surface area (Å²) < 4.78 is 1.92. The number of aromatic carboxylic acids is 1. The van der Waals surface area contributed by atoms with Crippen LogP contribution in [0.5, 0.6) is 0 Å². The van der Waals surface area contributed by atoms with Crippen molar-refractivity contribution in [3.8, 4) is 0 Å². The lowest BCUT2D eigenvalue weighted by Crippen LogP contribution is -2.25. The Morgan fingerprint density at radius 2 is 1.29 bits per heavy atom. The number of carboxylic acid groups (broad SMARTS) is 1. The number of hydrogen-bond acceptors (Lipinski definition) is 7. The lowest BCUT2D eigenvalue weighted by Gasteiger charge is -2.14. The fourth-order valence-corrected chi connectivity index (χ4v) is 3.40. The molecular weight excluding hydrogens is 652 g/mol. The predicted molar refractivity (Wildman–Crippen MR) is 141 cm³/mol. The Morgan fingerprint density at radius 3 is 1.69 bits per heavy atom. The quantitative estimate of drug-likeness (QED) is 0.280. The van der Waals surface area contributed by atoms with E-state index in [4.69, 9.17) is 9.94 Å². The maximum atomic E-state index is 11.7. The molecule has 3 rings (SSSR count). The summed E-state index contributed by atoms with van der Waals surface area (Å²) in [6.07, 6.45) is 5.52. The highest BCUT2D eigenvalue weighted by atomic mass is 79.9.